The second kappa shape index (κ2) is 11.6. The molecule has 5 rings (SSSR count). The molecule has 0 fully saturated rings. The van der Waals surface area contributed by atoms with Crippen LogP contribution in [0.1, 0.15) is 69.0 Å². The van der Waals surface area contributed by atoms with Crippen molar-refractivity contribution in [2.45, 2.75) is 65.8 Å². The zero-order chi connectivity index (χ0) is 27.4. The van der Waals surface area contributed by atoms with E-state index in [0.717, 1.165) is 59.4 Å². The first kappa shape index (κ1) is 26.3. The molecule has 3 aromatic heterocycles. The zero-order valence-electron chi connectivity index (χ0n) is 23.1. The van der Waals surface area contributed by atoms with Gasteiger partial charge in [0, 0.05) is 29.2 Å². The largest absolute Gasteiger partial charge is 0.333 e. The molecule has 0 unspecified atom stereocenters. The lowest BCUT2D eigenvalue weighted by Crippen LogP contribution is -2.26. The van der Waals surface area contributed by atoms with Crippen LogP contribution in [0.4, 0.5) is 0 Å². The number of benzene rings is 2. The number of nitrogens with one attached hydrogen (secondary N) is 1. The standard InChI is InChI=1S/C31H35N7O/c1-5-7-12-25-20-38(29-22(6-2)11-10-15-26(29)21(3)4)31(39)37(25)19-24-17-16-23(18-32-24)27-13-8-9-14-28(27)30-33-35-36-34-30/h8-11,13-18,20-21H,5-7,12,19H2,1-4H3,(H,33,34,35,36). The number of para-hydroxylation sites is 1. The zero-order valence-corrected chi connectivity index (χ0v) is 23.1. The maximum Gasteiger partial charge on any atom is 0.333 e. The third-order valence-electron chi connectivity index (χ3n) is 7.23. The lowest BCUT2D eigenvalue weighted by Gasteiger charge is -2.16. The molecule has 39 heavy (non-hydrogen) atoms. The molecule has 0 atom stereocenters. The highest BCUT2D eigenvalue weighted by atomic mass is 16.1. The van der Waals surface area contributed by atoms with Crippen LogP contribution in [-0.4, -0.2) is 34.7 Å². The van der Waals surface area contributed by atoms with Gasteiger partial charge in [0.2, 0.25) is 0 Å². The first-order chi connectivity index (χ1) is 19.0. The molecule has 8 nitrogen and oxygen atoms in total. The summed E-state index contributed by atoms with van der Waals surface area (Å²) in [5.74, 6) is 0.918. The van der Waals surface area contributed by atoms with Gasteiger partial charge in [-0.3, -0.25) is 14.1 Å². The van der Waals surface area contributed by atoms with Crippen molar-refractivity contribution in [2.24, 2.45) is 0 Å². The fourth-order valence-corrected chi connectivity index (χ4v) is 5.12. The molecule has 0 saturated carbocycles. The Morgan fingerprint density at radius 2 is 1.79 bits per heavy atom. The van der Waals surface area contributed by atoms with Crippen molar-refractivity contribution in [3.8, 4) is 28.2 Å². The molecule has 0 spiro atoms. The third kappa shape index (κ3) is 5.32. The second-order valence-electron chi connectivity index (χ2n) is 10.2. The number of rotatable bonds is 10. The van der Waals surface area contributed by atoms with E-state index in [2.05, 4.69) is 72.7 Å². The summed E-state index contributed by atoms with van der Waals surface area (Å²) in [4.78, 5) is 18.7. The molecule has 0 bridgehead atoms. The van der Waals surface area contributed by atoms with E-state index >= 15 is 0 Å². The van der Waals surface area contributed by atoms with Gasteiger partial charge in [0.25, 0.3) is 0 Å². The number of H-pyrrole nitrogens is 1. The summed E-state index contributed by atoms with van der Waals surface area (Å²) in [6.07, 6.45) is 7.71. The SMILES string of the molecule is CCCCc1cn(-c2c(CC)cccc2C(C)C)c(=O)n1Cc1ccc(-c2ccccc2-c2nnn[nH]2)cn1. The summed E-state index contributed by atoms with van der Waals surface area (Å²) in [7, 11) is 0. The molecular weight excluding hydrogens is 486 g/mol. The Morgan fingerprint density at radius 1 is 0.974 bits per heavy atom. The molecule has 0 amide bonds. The maximum atomic E-state index is 13.9. The minimum atomic E-state index is -0.0158. The topological polar surface area (TPSA) is 94.3 Å². The Hall–Kier alpha value is -4.33. The van der Waals surface area contributed by atoms with E-state index in [1.165, 1.54) is 11.1 Å². The number of tetrazole rings is 1. The van der Waals surface area contributed by atoms with E-state index in [-0.39, 0.29) is 5.69 Å². The minimum absolute atomic E-state index is 0.0158. The average molecular weight is 522 g/mol. The lowest BCUT2D eigenvalue weighted by atomic mass is 9.96. The molecule has 0 saturated heterocycles. The minimum Gasteiger partial charge on any atom is -0.290 e. The van der Waals surface area contributed by atoms with Gasteiger partial charge in [-0.05, 0) is 58.4 Å². The van der Waals surface area contributed by atoms with Gasteiger partial charge < -0.3 is 0 Å². The van der Waals surface area contributed by atoms with Gasteiger partial charge in [-0.15, -0.1) is 5.10 Å². The van der Waals surface area contributed by atoms with Gasteiger partial charge in [-0.25, -0.2) is 9.89 Å². The number of hydrogen-bond acceptors (Lipinski definition) is 5. The second-order valence-corrected chi connectivity index (χ2v) is 10.2. The maximum absolute atomic E-state index is 13.9. The van der Waals surface area contributed by atoms with Crippen LogP contribution in [0.2, 0.25) is 0 Å². The first-order valence-electron chi connectivity index (χ1n) is 13.7. The van der Waals surface area contributed by atoms with Gasteiger partial charge in [0.1, 0.15) is 0 Å². The van der Waals surface area contributed by atoms with Crippen molar-refractivity contribution < 1.29 is 0 Å². The summed E-state index contributed by atoms with van der Waals surface area (Å²) in [6, 6.07) is 18.4. The predicted molar refractivity (Wildman–Crippen MR) is 154 cm³/mol. The van der Waals surface area contributed by atoms with E-state index in [1.54, 1.807) is 0 Å². The molecular formula is C31H35N7O. The average Bonchev–Trinajstić information content (AvgIpc) is 3.61. The van der Waals surface area contributed by atoms with Crippen molar-refractivity contribution in [1.82, 2.24) is 34.7 Å². The Kier molecular flexibility index (Phi) is 7.81. The Morgan fingerprint density at radius 3 is 2.46 bits per heavy atom. The van der Waals surface area contributed by atoms with Crippen LogP contribution in [0, 0.1) is 0 Å². The summed E-state index contributed by atoms with van der Waals surface area (Å²) >= 11 is 0. The van der Waals surface area contributed by atoms with E-state index in [0.29, 0.717) is 18.3 Å². The molecule has 0 radical (unpaired) electrons. The third-order valence-corrected chi connectivity index (χ3v) is 7.23. The predicted octanol–water partition coefficient (Wildman–Crippen LogP) is 5.96. The molecule has 0 aliphatic carbocycles. The first-order valence-corrected chi connectivity index (χ1v) is 13.7. The highest BCUT2D eigenvalue weighted by Crippen LogP contribution is 2.30. The monoisotopic (exact) mass is 521 g/mol. The molecule has 200 valence electrons. The fourth-order valence-electron chi connectivity index (χ4n) is 5.12. The van der Waals surface area contributed by atoms with Gasteiger partial charge in [-0.1, -0.05) is 82.6 Å². The summed E-state index contributed by atoms with van der Waals surface area (Å²) in [5.41, 5.74) is 8.11. The molecule has 0 aliphatic heterocycles. The van der Waals surface area contributed by atoms with Crippen LogP contribution in [0.25, 0.3) is 28.2 Å². The van der Waals surface area contributed by atoms with Crippen LogP contribution in [-0.2, 0) is 19.4 Å². The highest BCUT2D eigenvalue weighted by molar-refractivity contribution is 5.79. The van der Waals surface area contributed by atoms with Crippen molar-refractivity contribution >= 4 is 0 Å². The summed E-state index contributed by atoms with van der Waals surface area (Å²) in [6.45, 7) is 9.10. The van der Waals surface area contributed by atoms with Gasteiger partial charge >= 0.3 is 5.69 Å². The molecule has 5 aromatic rings. The highest BCUT2D eigenvalue weighted by Gasteiger charge is 2.19. The number of aromatic nitrogens is 7. The number of nitrogens with zero attached hydrogens (tertiary/aromatic N) is 6. The number of pyridine rings is 1. The fraction of sp³-hybridized carbons (Fsp3) is 0.323. The van der Waals surface area contributed by atoms with E-state index in [1.807, 2.05) is 51.7 Å². The summed E-state index contributed by atoms with van der Waals surface area (Å²) in [5, 5.41) is 14.3. The van der Waals surface area contributed by atoms with Crippen molar-refractivity contribution in [3.05, 3.63) is 100.0 Å². The van der Waals surface area contributed by atoms with Gasteiger partial charge in [0.05, 0.1) is 17.9 Å². The Balaban J connectivity index is 1.52. The van der Waals surface area contributed by atoms with Crippen LogP contribution in [0.15, 0.2) is 71.8 Å². The van der Waals surface area contributed by atoms with E-state index in [4.69, 9.17) is 4.98 Å². The van der Waals surface area contributed by atoms with Crippen LogP contribution in [0.3, 0.4) is 0 Å². The number of aromatic amines is 1. The van der Waals surface area contributed by atoms with Crippen LogP contribution >= 0.6 is 0 Å². The number of hydrogen-bond donors (Lipinski definition) is 1. The van der Waals surface area contributed by atoms with Gasteiger partial charge in [-0.2, -0.15) is 0 Å². The Bertz CT molecular complexity index is 1600. The van der Waals surface area contributed by atoms with Crippen molar-refractivity contribution in [2.75, 3.05) is 0 Å². The van der Waals surface area contributed by atoms with Crippen LogP contribution < -0.4 is 5.69 Å². The van der Waals surface area contributed by atoms with Crippen molar-refractivity contribution in [1.29, 1.82) is 0 Å². The molecule has 2 aromatic carbocycles. The van der Waals surface area contributed by atoms with Crippen LogP contribution in [0.5, 0.6) is 0 Å². The van der Waals surface area contributed by atoms with E-state index in [9.17, 15) is 4.79 Å². The van der Waals surface area contributed by atoms with Crippen molar-refractivity contribution in [3.63, 3.8) is 0 Å². The van der Waals surface area contributed by atoms with Gasteiger partial charge in [0.15, 0.2) is 5.82 Å². The van der Waals surface area contributed by atoms with E-state index < -0.39 is 0 Å². The Labute approximate surface area is 228 Å². The number of aryl methyl sites for hydroxylation is 2. The smallest absolute Gasteiger partial charge is 0.290 e. The number of unbranched alkanes of at least 4 members (excludes halogenated alkanes) is 1. The molecule has 8 heteroatoms. The molecule has 0 aliphatic rings. The quantitative estimate of drug-likeness (QED) is 0.245. The lowest BCUT2D eigenvalue weighted by molar-refractivity contribution is 0.663. The molecule has 1 N–H and O–H groups in total. The molecule has 3 heterocycles. The summed E-state index contributed by atoms with van der Waals surface area (Å²) < 4.78 is 3.76. The normalized spacial score (nSPS) is 11.4. The number of imidazole rings is 1.